The highest BCUT2D eigenvalue weighted by molar-refractivity contribution is 9.10. The number of anilines is 4. The standard InChI is InChI=1S/C12H10BrClFN3/c13-8-3-6(15)4-9(14)12(8)18-7-1-2-10(16)11(17)5-7/h1-5,18H,16-17H2. The lowest BCUT2D eigenvalue weighted by Gasteiger charge is -2.12. The Kier molecular flexibility index (Phi) is 3.63. The van der Waals surface area contributed by atoms with E-state index in [4.69, 9.17) is 23.1 Å². The molecule has 94 valence electrons. The number of hydrogen-bond acceptors (Lipinski definition) is 3. The van der Waals surface area contributed by atoms with Crippen molar-refractivity contribution in [2.24, 2.45) is 0 Å². The van der Waals surface area contributed by atoms with Crippen molar-refractivity contribution in [1.82, 2.24) is 0 Å². The Bertz CT molecular complexity index is 581. The highest BCUT2D eigenvalue weighted by atomic mass is 79.9. The molecule has 0 aliphatic heterocycles. The molecule has 0 saturated carbocycles. The monoisotopic (exact) mass is 329 g/mol. The lowest BCUT2D eigenvalue weighted by Crippen LogP contribution is -1.98. The van der Waals surface area contributed by atoms with Crippen LogP contribution < -0.4 is 16.8 Å². The van der Waals surface area contributed by atoms with Gasteiger partial charge in [-0.05, 0) is 46.3 Å². The van der Waals surface area contributed by atoms with Gasteiger partial charge in [-0.2, -0.15) is 0 Å². The lowest BCUT2D eigenvalue weighted by atomic mass is 10.2. The minimum absolute atomic E-state index is 0.275. The van der Waals surface area contributed by atoms with Crippen molar-refractivity contribution in [3.05, 3.63) is 45.6 Å². The maximum absolute atomic E-state index is 13.1. The Balaban J connectivity index is 2.37. The van der Waals surface area contributed by atoms with Crippen LogP contribution in [0.15, 0.2) is 34.8 Å². The van der Waals surface area contributed by atoms with Crippen LogP contribution in [0.25, 0.3) is 0 Å². The summed E-state index contributed by atoms with van der Waals surface area (Å²) in [6, 6.07) is 7.69. The summed E-state index contributed by atoms with van der Waals surface area (Å²) in [5.41, 5.74) is 13.6. The number of rotatable bonds is 2. The molecule has 0 unspecified atom stereocenters. The van der Waals surface area contributed by atoms with Gasteiger partial charge in [0, 0.05) is 10.2 Å². The van der Waals surface area contributed by atoms with E-state index in [1.807, 2.05) is 0 Å². The van der Waals surface area contributed by atoms with Gasteiger partial charge in [-0.25, -0.2) is 4.39 Å². The number of benzene rings is 2. The van der Waals surface area contributed by atoms with Crippen LogP contribution in [0.1, 0.15) is 0 Å². The summed E-state index contributed by atoms with van der Waals surface area (Å²) in [7, 11) is 0. The predicted octanol–water partition coefficient (Wildman–Crippen LogP) is 4.15. The first-order valence-corrected chi connectivity index (χ1v) is 6.21. The molecular formula is C12H10BrClFN3. The second-order valence-corrected chi connectivity index (χ2v) is 4.97. The lowest BCUT2D eigenvalue weighted by molar-refractivity contribution is 0.627. The zero-order chi connectivity index (χ0) is 13.3. The molecule has 18 heavy (non-hydrogen) atoms. The average molecular weight is 331 g/mol. The van der Waals surface area contributed by atoms with Crippen molar-refractivity contribution >= 4 is 50.3 Å². The molecule has 0 aromatic heterocycles. The van der Waals surface area contributed by atoms with Crippen LogP contribution in [0.3, 0.4) is 0 Å². The Morgan fingerprint density at radius 1 is 1.11 bits per heavy atom. The summed E-state index contributed by atoms with van der Waals surface area (Å²) < 4.78 is 13.6. The fraction of sp³-hybridized carbons (Fsp3) is 0. The number of hydrogen-bond donors (Lipinski definition) is 3. The summed E-state index contributed by atoms with van der Waals surface area (Å²) in [5, 5.41) is 3.33. The fourth-order valence-electron chi connectivity index (χ4n) is 1.46. The average Bonchev–Trinajstić information content (AvgIpc) is 2.28. The van der Waals surface area contributed by atoms with Crippen LogP contribution in [-0.4, -0.2) is 0 Å². The van der Waals surface area contributed by atoms with Crippen molar-refractivity contribution in [3.8, 4) is 0 Å². The number of nitrogens with one attached hydrogen (secondary N) is 1. The second kappa shape index (κ2) is 5.04. The van der Waals surface area contributed by atoms with Gasteiger partial charge in [0.2, 0.25) is 0 Å². The molecule has 0 aliphatic rings. The molecule has 3 nitrogen and oxygen atoms in total. The first kappa shape index (κ1) is 13.0. The molecule has 2 rings (SSSR count). The topological polar surface area (TPSA) is 64.1 Å². The Labute approximate surface area is 117 Å². The summed E-state index contributed by atoms with van der Waals surface area (Å²) in [4.78, 5) is 0. The van der Waals surface area contributed by atoms with Gasteiger partial charge in [0.15, 0.2) is 0 Å². The molecule has 6 heteroatoms. The van der Waals surface area contributed by atoms with Gasteiger partial charge in [-0.3, -0.25) is 0 Å². The third-order valence-corrected chi connectivity index (χ3v) is 3.29. The molecule has 2 aromatic carbocycles. The molecule has 0 amide bonds. The van der Waals surface area contributed by atoms with Crippen LogP contribution in [0.2, 0.25) is 5.02 Å². The van der Waals surface area contributed by atoms with E-state index < -0.39 is 5.82 Å². The Morgan fingerprint density at radius 3 is 2.44 bits per heavy atom. The van der Waals surface area contributed by atoms with Crippen molar-refractivity contribution in [2.75, 3.05) is 16.8 Å². The second-order valence-electron chi connectivity index (χ2n) is 3.71. The van der Waals surface area contributed by atoms with Crippen molar-refractivity contribution < 1.29 is 4.39 Å². The Hall–Kier alpha value is -1.46. The van der Waals surface area contributed by atoms with Crippen LogP contribution in [0.5, 0.6) is 0 Å². The molecule has 0 aliphatic carbocycles. The maximum atomic E-state index is 13.1. The van der Waals surface area contributed by atoms with Gasteiger partial charge >= 0.3 is 0 Å². The first-order chi connectivity index (χ1) is 8.47. The first-order valence-electron chi connectivity index (χ1n) is 5.04. The molecule has 0 heterocycles. The zero-order valence-corrected chi connectivity index (χ0v) is 11.5. The molecule has 0 fully saturated rings. The van der Waals surface area contributed by atoms with E-state index in [-0.39, 0.29) is 5.02 Å². The summed E-state index contributed by atoms with van der Waals surface area (Å²) in [5.74, 6) is -0.408. The van der Waals surface area contributed by atoms with E-state index in [1.54, 1.807) is 18.2 Å². The quantitative estimate of drug-likeness (QED) is 0.725. The molecule has 0 saturated heterocycles. The van der Waals surface area contributed by atoms with E-state index in [0.717, 1.165) is 5.69 Å². The number of halogens is 3. The van der Waals surface area contributed by atoms with E-state index in [2.05, 4.69) is 21.2 Å². The molecule has 0 spiro atoms. The normalized spacial score (nSPS) is 10.4. The molecule has 5 N–H and O–H groups in total. The minimum atomic E-state index is -0.408. The molecule has 0 atom stereocenters. The molecule has 0 radical (unpaired) electrons. The van der Waals surface area contributed by atoms with Crippen LogP contribution >= 0.6 is 27.5 Å². The number of nitrogen functional groups attached to an aromatic ring is 2. The van der Waals surface area contributed by atoms with Crippen molar-refractivity contribution in [1.29, 1.82) is 0 Å². The van der Waals surface area contributed by atoms with Gasteiger partial charge in [0.05, 0.1) is 22.1 Å². The summed E-state index contributed by atoms with van der Waals surface area (Å²) >= 11 is 9.21. The van der Waals surface area contributed by atoms with Gasteiger partial charge in [-0.15, -0.1) is 0 Å². The predicted molar refractivity (Wildman–Crippen MR) is 77.7 cm³/mol. The number of nitrogens with two attached hydrogens (primary N) is 2. The molecule has 2 aromatic rings. The smallest absolute Gasteiger partial charge is 0.125 e. The largest absolute Gasteiger partial charge is 0.397 e. The highest BCUT2D eigenvalue weighted by Gasteiger charge is 2.08. The zero-order valence-electron chi connectivity index (χ0n) is 9.18. The van der Waals surface area contributed by atoms with E-state index in [1.165, 1.54) is 12.1 Å². The van der Waals surface area contributed by atoms with Crippen molar-refractivity contribution in [3.63, 3.8) is 0 Å². The summed E-state index contributed by atoms with van der Waals surface area (Å²) in [6.45, 7) is 0. The van der Waals surface area contributed by atoms with Gasteiger partial charge in [-0.1, -0.05) is 11.6 Å². The van der Waals surface area contributed by atoms with E-state index in [0.29, 0.717) is 21.5 Å². The third-order valence-electron chi connectivity index (χ3n) is 2.36. The van der Waals surface area contributed by atoms with Crippen LogP contribution in [0, 0.1) is 5.82 Å². The van der Waals surface area contributed by atoms with Gasteiger partial charge < -0.3 is 16.8 Å². The minimum Gasteiger partial charge on any atom is -0.397 e. The van der Waals surface area contributed by atoms with Crippen molar-refractivity contribution in [2.45, 2.75) is 0 Å². The summed E-state index contributed by atoms with van der Waals surface area (Å²) in [6.07, 6.45) is 0. The Morgan fingerprint density at radius 2 is 1.83 bits per heavy atom. The highest BCUT2D eigenvalue weighted by Crippen LogP contribution is 2.34. The maximum Gasteiger partial charge on any atom is 0.125 e. The van der Waals surface area contributed by atoms with Gasteiger partial charge in [0.1, 0.15) is 5.82 Å². The molecular weight excluding hydrogens is 321 g/mol. The van der Waals surface area contributed by atoms with E-state index in [9.17, 15) is 4.39 Å². The third kappa shape index (κ3) is 2.68. The van der Waals surface area contributed by atoms with Gasteiger partial charge in [0.25, 0.3) is 0 Å². The van der Waals surface area contributed by atoms with E-state index >= 15 is 0 Å². The molecule has 0 bridgehead atoms. The van der Waals surface area contributed by atoms with Crippen LogP contribution in [-0.2, 0) is 0 Å². The SMILES string of the molecule is Nc1ccc(Nc2c(Cl)cc(F)cc2Br)cc1N. The fourth-order valence-corrected chi connectivity index (χ4v) is 2.36. The van der Waals surface area contributed by atoms with Crippen LogP contribution in [0.4, 0.5) is 27.1 Å².